The van der Waals surface area contributed by atoms with Crippen molar-refractivity contribution in [1.82, 2.24) is 0 Å². The third-order valence-electron chi connectivity index (χ3n) is 21.1. The summed E-state index contributed by atoms with van der Waals surface area (Å²) in [4.78, 5) is 73.2. The highest BCUT2D eigenvalue weighted by Crippen LogP contribution is 2.45. The maximum atomic E-state index is 13.2. The van der Waals surface area contributed by atoms with Gasteiger partial charge in [-0.3, -0.25) is 37.3 Å². The second-order valence-corrected chi connectivity index (χ2v) is 34.9. The maximum Gasteiger partial charge on any atom is 0.472 e. The van der Waals surface area contributed by atoms with Gasteiger partial charge in [0.25, 0.3) is 0 Å². The number of esters is 4. The minimum absolute atomic E-state index is 0.109. The molecular weight excluding hydrogens is 1400 g/mol. The zero-order valence-corrected chi connectivity index (χ0v) is 72.6. The Kier molecular flexibility index (Phi) is 81.5. The van der Waals surface area contributed by atoms with Crippen molar-refractivity contribution < 1.29 is 80.2 Å². The van der Waals surface area contributed by atoms with Gasteiger partial charge in [0.15, 0.2) is 12.2 Å². The van der Waals surface area contributed by atoms with Gasteiger partial charge in [-0.25, -0.2) is 9.13 Å². The molecule has 17 nitrogen and oxygen atoms in total. The van der Waals surface area contributed by atoms with E-state index in [2.05, 4.69) is 27.7 Å². The molecule has 0 rings (SSSR count). The molecule has 0 aliphatic rings. The highest BCUT2D eigenvalue weighted by Gasteiger charge is 2.30. The van der Waals surface area contributed by atoms with Gasteiger partial charge >= 0.3 is 39.5 Å². The molecule has 642 valence electrons. The molecule has 0 amide bonds. The van der Waals surface area contributed by atoms with Crippen molar-refractivity contribution in [2.75, 3.05) is 39.6 Å². The SMILES string of the molecule is CCCCCCCCCCCCCCCCCCCCCCCCC(=O)OC[C@H](COP(=O)(O)OC[C@@H](O)COP(=O)(O)OC[C@@H](COC(=O)CCCCCCCCCCC)OC(=O)CCCCCCCCCCCCCCCCC)OC(=O)CCCCCCCCCCCCCCCCCCCCCCCC. The molecule has 0 spiro atoms. The van der Waals surface area contributed by atoms with Gasteiger partial charge in [-0.15, -0.1) is 0 Å². The van der Waals surface area contributed by atoms with E-state index in [0.29, 0.717) is 25.7 Å². The predicted octanol–water partition coefficient (Wildman–Crippen LogP) is 27.7. The molecule has 3 N–H and O–H groups in total. The van der Waals surface area contributed by atoms with Gasteiger partial charge < -0.3 is 33.8 Å². The number of aliphatic hydroxyl groups excluding tert-OH is 1. The topological polar surface area (TPSA) is 237 Å². The molecule has 108 heavy (non-hydrogen) atoms. The van der Waals surface area contributed by atoms with Crippen molar-refractivity contribution in [1.29, 1.82) is 0 Å². The quantitative estimate of drug-likeness (QED) is 0.0222. The lowest BCUT2D eigenvalue weighted by Crippen LogP contribution is -2.30. The van der Waals surface area contributed by atoms with Gasteiger partial charge in [-0.2, -0.15) is 0 Å². The van der Waals surface area contributed by atoms with Crippen LogP contribution in [0.25, 0.3) is 0 Å². The second-order valence-electron chi connectivity index (χ2n) is 32.0. The van der Waals surface area contributed by atoms with E-state index >= 15 is 0 Å². The van der Waals surface area contributed by atoms with E-state index in [4.69, 9.17) is 37.0 Å². The van der Waals surface area contributed by atoms with Crippen molar-refractivity contribution in [3.05, 3.63) is 0 Å². The lowest BCUT2D eigenvalue weighted by atomic mass is 10.0. The zero-order chi connectivity index (χ0) is 78.9. The Hall–Kier alpha value is -1.94. The fraction of sp³-hybridized carbons (Fsp3) is 0.955. The van der Waals surface area contributed by atoms with Crippen LogP contribution in [-0.4, -0.2) is 96.7 Å². The summed E-state index contributed by atoms with van der Waals surface area (Å²) < 4.78 is 68.9. The summed E-state index contributed by atoms with van der Waals surface area (Å²) in [6.07, 6.45) is 79.4. The van der Waals surface area contributed by atoms with Gasteiger partial charge in [0.05, 0.1) is 26.4 Å². The van der Waals surface area contributed by atoms with Crippen LogP contribution in [0.5, 0.6) is 0 Å². The lowest BCUT2D eigenvalue weighted by Gasteiger charge is -2.21. The molecule has 0 fully saturated rings. The normalized spacial score (nSPS) is 13.7. The van der Waals surface area contributed by atoms with E-state index in [-0.39, 0.29) is 25.7 Å². The van der Waals surface area contributed by atoms with Crippen molar-refractivity contribution in [3.63, 3.8) is 0 Å². The largest absolute Gasteiger partial charge is 0.472 e. The minimum atomic E-state index is -4.97. The number of hydrogen-bond donors (Lipinski definition) is 3. The zero-order valence-electron chi connectivity index (χ0n) is 70.8. The smallest absolute Gasteiger partial charge is 0.462 e. The first-order valence-electron chi connectivity index (χ1n) is 46.3. The molecule has 0 aromatic carbocycles. The number of phosphoric ester groups is 2. The van der Waals surface area contributed by atoms with Crippen molar-refractivity contribution in [2.45, 2.75) is 508 Å². The van der Waals surface area contributed by atoms with Crippen LogP contribution in [0.1, 0.15) is 490 Å². The second kappa shape index (κ2) is 83.0. The monoisotopic (exact) mass is 1580 g/mol. The number of aliphatic hydroxyl groups is 1. The number of phosphoric acid groups is 2. The Labute approximate surface area is 664 Å². The predicted molar refractivity (Wildman–Crippen MR) is 446 cm³/mol. The third-order valence-corrected chi connectivity index (χ3v) is 23.0. The molecule has 0 aromatic heterocycles. The maximum absolute atomic E-state index is 13.2. The Bertz CT molecular complexity index is 2030. The summed E-state index contributed by atoms with van der Waals surface area (Å²) >= 11 is 0. The molecule has 0 aromatic rings. The molecule has 2 unspecified atom stereocenters. The number of carbonyl (C=O) groups excluding carboxylic acids is 4. The molecule has 0 bridgehead atoms. The average molecular weight is 1580 g/mol. The van der Waals surface area contributed by atoms with Crippen LogP contribution < -0.4 is 0 Å². The van der Waals surface area contributed by atoms with Crippen LogP contribution in [0, 0.1) is 0 Å². The molecule has 5 atom stereocenters. The molecule has 0 saturated heterocycles. The summed E-state index contributed by atoms with van der Waals surface area (Å²) in [6, 6.07) is 0. The highest BCUT2D eigenvalue weighted by molar-refractivity contribution is 7.47. The molecule has 0 saturated carbocycles. The third kappa shape index (κ3) is 82.1. The van der Waals surface area contributed by atoms with Crippen LogP contribution >= 0.6 is 15.6 Å². The van der Waals surface area contributed by atoms with Crippen molar-refractivity contribution in [3.8, 4) is 0 Å². The Morgan fingerprint density at radius 1 is 0.222 bits per heavy atom. The van der Waals surface area contributed by atoms with Crippen LogP contribution in [0.4, 0.5) is 0 Å². The molecule has 0 heterocycles. The summed E-state index contributed by atoms with van der Waals surface area (Å²) in [7, 11) is -9.93. The Morgan fingerprint density at radius 3 is 0.546 bits per heavy atom. The minimum Gasteiger partial charge on any atom is -0.462 e. The first kappa shape index (κ1) is 106. The first-order valence-corrected chi connectivity index (χ1v) is 49.3. The van der Waals surface area contributed by atoms with Gasteiger partial charge in [-0.05, 0) is 25.7 Å². The number of rotatable bonds is 90. The summed E-state index contributed by atoms with van der Waals surface area (Å²) in [6.45, 7) is 5.05. The summed E-state index contributed by atoms with van der Waals surface area (Å²) in [5, 5.41) is 10.7. The standard InChI is InChI=1S/C89H174O17P2/c1-5-9-13-17-21-25-28-31-34-36-38-40-42-44-46-49-51-54-58-62-66-70-74-87(92)100-80-85(106-89(94)76-72-68-64-60-56-53-50-47-45-43-41-39-37-35-32-29-26-22-18-14-10-6-2)82-104-108(97,98)102-78-83(90)77-101-107(95,96)103-81-84(79-99-86(91)73-69-65-61-57-24-20-16-12-8-4)105-88(93)75-71-67-63-59-55-52-48-33-30-27-23-19-15-11-7-3/h83-85,90H,5-82H2,1-4H3,(H,95,96)(H,97,98)/t83-,84+,85+/m0/s1. The molecule has 0 aliphatic carbocycles. The molecule has 0 aliphatic heterocycles. The summed E-state index contributed by atoms with van der Waals surface area (Å²) in [5.74, 6) is -2.10. The van der Waals surface area contributed by atoms with E-state index in [0.717, 1.165) is 89.9 Å². The first-order chi connectivity index (χ1) is 52.7. The van der Waals surface area contributed by atoms with E-state index in [9.17, 15) is 43.2 Å². The van der Waals surface area contributed by atoms with Crippen LogP contribution in [0.3, 0.4) is 0 Å². The van der Waals surface area contributed by atoms with Crippen LogP contribution in [0.15, 0.2) is 0 Å². The van der Waals surface area contributed by atoms with Crippen molar-refractivity contribution in [2.24, 2.45) is 0 Å². The van der Waals surface area contributed by atoms with Crippen molar-refractivity contribution >= 4 is 39.5 Å². The number of carbonyl (C=O) groups is 4. The number of hydrogen-bond acceptors (Lipinski definition) is 15. The number of ether oxygens (including phenoxy) is 4. The van der Waals surface area contributed by atoms with Crippen LogP contribution in [-0.2, 0) is 65.4 Å². The fourth-order valence-corrected chi connectivity index (χ4v) is 15.6. The van der Waals surface area contributed by atoms with Gasteiger partial charge in [0, 0.05) is 25.7 Å². The number of unbranched alkanes of at least 4 members (excludes halogenated alkanes) is 64. The van der Waals surface area contributed by atoms with Crippen LogP contribution in [0.2, 0.25) is 0 Å². The van der Waals surface area contributed by atoms with E-state index < -0.39 is 97.5 Å². The van der Waals surface area contributed by atoms with Gasteiger partial charge in [-0.1, -0.05) is 439 Å². The Balaban J connectivity index is 5.18. The average Bonchev–Trinajstić information content (AvgIpc) is 0.899. The molecule has 0 radical (unpaired) electrons. The van der Waals surface area contributed by atoms with Gasteiger partial charge in [0.2, 0.25) is 0 Å². The van der Waals surface area contributed by atoms with E-state index in [1.54, 1.807) is 0 Å². The Morgan fingerprint density at radius 2 is 0.370 bits per heavy atom. The summed E-state index contributed by atoms with van der Waals surface area (Å²) in [5.41, 5.74) is 0. The molecule has 19 heteroatoms. The fourth-order valence-electron chi connectivity index (χ4n) is 14.1. The van der Waals surface area contributed by atoms with E-state index in [1.807, 2.05) is 0 Å². The van der Waals surface area contributed by atoms with E-state index in [1.165, 1.54) is 321 Å². The highest BCUT2D eigenvalue weighted by atomic mass is 31.2. The van der Waals surface area contributed by atoms with Gasteiger partial charge in [0.1, 0.15) is 19.3 Å². The molecular formula is C89H174O17P2. The lowest BCUT2D eigenvalue weighted by molar-refractivity contribution is -0.161.